The highest BCUT2D eigenvalue weighted by molar-refractivity contribution is 7.47. The molecule has 3 atom stereocenters. The fourth-order valence-electron chi connectivity index (χ4n) is 6.57. The molecule has 0 amide bonds. The van der Waals surface area contributed by atoms with Gasteiger partial charge in [-0.3, -0.25) is 23.4 Å². The monoisotopic (exact) mass is 973 g/mol. The van der Waals surface area contributed by atoms with Gasteiger partial charge in [-0.1, -0.05) is 182 Å². The lowest BCUT2D eigenvalue weighted by Gasteiger charge is -2.21. The molecule has 11 nitrogen and oxygen atoms in total. The normalized spacial score (nSPS) is 14.2. The second-order valence-electron chi connectivity index (χ2n) is 16.9. The van der Waals surface area contributed by atoms with E-state index in [1.54, 1.807) is 0 Å². The van der Waals surface area contributed by atoms with Gasteiger partial charge < -0.3 is 24.2 Å². The quantitative estimate of drug-likeness (QED) is 0.0197. The number of phosphoric ester groups is 1. The molecule has 2 N–H and O–H groups in total. The number of carbonyl (C=O) groups is 3. The first kappa shape index (κ1) is 64.4. The fourth-order valence-corrected chi connectivity index (χ4v) is 7.36. The van der Waals surface area contributed by atoms with E-state index in [0.29, 0.717) is 19.3 Å². The Balaban J connectivity index is 4.86. The standard InChI is InChI=1S/C56H93O11P/c1-4-7-10-13-16-19-21-23-25-26-28-29-31-34-36-39-42-45-54(58)63-49-53(67-56(60)47-44-41-38-35-32-30-27-24-22-20-17-14-11-8-5-2)51-65-68(61,62)64-50-52(48-57)66-55(59)46-43-40-37-33-18-15-12-9-6-3/h7-8,10-11,16-17,19-20,23-25,27-29,32,35,52-53,57H,4-6,9,12-15,18,21-22,26,30-31,33-34,36-51H2,1-3H3,(H,61,62)/b10-7-,11-8-,19-16-,20-17-,25-23-,27-24-,29-28-,35-32-. The van der Waals surface area contributed by atoms with Gasteiger partial charge in [0.15, 0.2) is 6.10 Å². The molecular weight excluding hydrogens is 880 g/mol. The zero-order valence-corrected chi connectivity index (χ0v) is 43.4. The van der Waals surface area contributed by atoms with Crippen LogP contribution in [0.3, 0.4) is 0 Å². The summed E-state index contributed by atoms with van der Waals surface area (Å²) < 4.78 is 39.3. The first-order valence-electron chi connectivity index (χ1n) is 26.1. The molecule has 0 spiro atoms. The Labute approximate surface area is 412 Å². The van der Waals surface area contributed by atoms with Crippen LogP contribution in [0, 0.1) is 0 Å². The summed E-state index contributed by atoms with van der Waals surface area (Å²) >= 11 is 0. The topological polar surface area (TPSA) is 155 Å². The molecule has 0 heterocycles. The van der Waals surface area contributed by atoms with Gasteiger partial charge in [-0.25, -0.2) is 4.57 Å². The van der Waals surface area contributed by atoms with Crippen LogP contribution in [0.1, 0.15) is 201 Å². The molecule has 0 fully saturated rings. The van der Waals surface area contributed by atoms with Crippen LogP contribution in [-0.2, 0) is 42.2 Å². The second kappa shape index (κ2) is 49.8. The van der Waals surface area contributed by atoms with E-state index in [1.165, 1.54) is 32.1 Å². The van der Waals surface area contributed by atoms with Crippen LogP contribution in [0.25, 0.3) is 0 Å². The molecule has 3 unspecified atom stereocenters. The van der Waals surface area contributed by atoms with Gasteiger partial charge >= 0.3 is 25.7 Å². The molecule has 0 saturated carbocycles. The van der Waals surface area contributed by atoms with Crippen molar-refractivity contribution in [3.63, 3.8) is 0 Å². The summed E-state index contributed by atoms with van der Waals surface area (Å²) in [6.07, 6.45) is 56.7. The highest BCUT2D eigenvalue weighted by atomic mass is 31.2. The molecule has 12 heteroatoms. The molecule has 68 heavy (non-hydrogen) atoms. The average Bonchev–Trinajstić information content (AvgIpc) is 3.32. The summed E-state index contributed by atoms with van der Waals surface area (Å²) in [4.78, 5) is 48.3. The lowest BCUT2D eigenvalue weighted by atomic mass is 10.1. The number of hydrogen-bond acceptors (Lipinski definition) is 10. The van der Waals surface area contributed by atoms with Crippen molar-refractivity contribution in [1.82, 2.24) is 0 Å². The van der Waals surface area contributed by atoms with E-state index >= 15 is 0 Å². The molecule has 388 valence electrons. The molecular formula is C56H93O11P. The van der Waals surface area contributed by atoms with E-state index in [0.717, 1.165) is 109 Å². The van der Waals surface area contributed by atoms with Crippen LogP contribution in [0.15, 0.2) is 97.2 Å². The Morgan fingerprint density at radius 3 is 1.21 bits per heavy atom. The summed E-state index contributed by atoms with van der Waals surface area (Å²) in [6.45, 7) is 4.29. The molecule has 0 bridgehead atoms. The largest absolute Gasteiger partial charge is 0.472 e. The summed E-state index contributed by atoms with van der Waals surface area (Å²) in [5.41, 5.74) is 0. The maximum absolute atomic E-state index is 12.8. The minimum atomic E-state index is -4.76. The summed E-state index contributed by atoms with van der Waals surface area (Å²) in [5.74, 6) is -1.55. The Kier molecular flexibility index (Phi) is 47.2. The van der Waals surface area contributed by atoms with Crippen LogP contribution in [0.4, 0.5) is 0 Å². The van der Waals surface area contributed by atoms with Crippen molar-refractivity contribution in [3.05, 3.63) is 97.2 Å². The van der Waals surface area contributed by atoms with E-state index in [-0.39, 0.29) is 25.9 Å². The number of aliphatic hydroxyl groups is 1. The van der Waals surface area contributed by atoms with Crippen molar-refractivity contribution in [2.45, 2.75) is 213 Å². The van der Waals surface area contributed by atoms with E-state index < -0.39 is 57.8 Å². The first-order valence-corrected chi connectivity index (χ1v) is 27.6. The molecule has 0 saturated heterocycles. The Morgan fingerprint density at radius 2 is 0.765 bits per heavy atom. The maximum atomic E-state index is 12.8. The molecule has 0 aliphatic heterocycles. The third-order valence-corrected chi connectivity index (χ3v) is 11.5. The van der Waals surface area contributed by atoms with Gasteiger partial charge in [-0.05, 0) is 96.3 Å². The minimum absolute atomic E-state index is 0.106. The second-order valence-corrected chi connectivity index (χ2v) is 18.4. The summed E-state index contributed by atoms with van der Waals surface area (Å²) in [6, 6.07) is 0. The molecule has 0 aliphatic rings. The SMILES string of the molecule is CC/C=C\C/C=C\C/C=C\C/C=C\CCCCCCC(=O)OCC(COP(=O)(O)OCC(CO)OC(=O)CCCCCCCCCCC)OC(=O)CCCC/C=C\C/C=C\C/C=C\C/C=C\CC. The van der Waals surface area contributed by atoms with Crippen molar-refractivity contribution in [3.8, 4) is 0 Å². The highest BCUT2D eigenvalue weighted by Gasteiger charge is 2.28. The Bertz CT molecular complexity index is 1510. The van der Waals surface area contributed by atoms with Crippen molar-refractivity contribution < 1.29 is 52.2 Å². The number of carbonyl (C=O) groups excluding carboxylic acids is 3. The summed E-state index contributed by atoms with van der Waals surface area (Å²) in [7, 11) is -4.76. The fraction of sp³-hybridized carbons (Fsp3) is 0.661. The summed E-state index contributed by atoms with van der Waals surface area (Å²) in [5, 5.41) is 9.75. The minimum Gasteiger partial charge on any atom is -0.462 e. The Morgan fingerprint density at radius 1 is 0.426 bits per heavy atom. The van der Waals surface area contributed by atoms with Gasteiger partial charge in [0, 0.05) is 19.3 Å². The third kappa shape index (κ3) is 47.5. The van der Waals surface area contributed by atoms with Crippen LogP contribution in [0.5, 0.6) is 0 Å². The molecule has 0 aromatic carbocycles. The van der Waals surface area contributed by atoms with E-state index in [2.05, 4.69) is 118 Å². The van der Waals surface area contributed by atoms with Crippen molar-refractivity contribution in [1.29, 1.82) is 0 Å². The highest BCUT2D eigenvalue weighted by Crippen LogP contribution is 2.43. The van der Waals surface area contributed by atoms with Crippen molar-refractivity contribution >= 4 is 25.7 Å². The van der Waals surface area contributed by atoms with Crippen LogP contribution in [0.2, 0.25) is 0 Å². The number of aliphatic hydroxyl groups excluding tert-OH is 1. The van der Waals surface area contributed by atoms with Crippen LogP contribution >= 0.6 is 7.82 Å². The third-order valence-electron chi connectivity index (χ3n) is 10.5. The molecule has 0 aromatic heterocycles. The maximum Gasteiger partial charge on any atom is 0.472 e. The Hall–Kier alpha value is -3.60. The lowest BCUT2D eigenvalue weighted by molar-refractivity contribution is -0.161. The van der Waals surface area contributed by atoms with Gasteiger partial charge in [-0.15, -0.1) is 0 Å². The van der Waals surface area contributed by atoms with Crippen LogP contribution in [-0.4, -0.2) is 66.5 Å². The molecule has 0 aliphatic carbocycles. The average molecular weight is 973 g/mol. The van der Waals surface area contributed by atoms with Crippen LogP contribution < -0.4 is 0 Å². The number of rotatable bonds is 47. The molecule has 0 rings (SSSR count). The predicted molar refractivity (Wildman–Crippen MR) is 279 cm³/mol. The van der Waals surface area contributed by atoms with E-state index in [4.69, 9.17) is 23.3 Å². The van der Waals surface area contributed by atoms with Gasteiger partial charge in [0.2, 0.25) is 0 Å². The van der Waals surface area contributed by atoms with Crippen molar-refractivity contribution in [2.75, 3.05) is 26.4 Å². The van der Waals surface area contributed by atoms with Gasteiger partial charge in [-0.2, -0.15) is 0 Å². The van der Waals surface area contributed by atoms with E-state index in [9.17, 15) is 28.9 Å². The zero-order chi connectivity index (χ0) is 49.9. The van der Waals surface area contributed by atoms with Crippen molar-refractivity contribution in [2.24, 2.45) is 0 Å². The number of phosphoric acid groups is 1. The van der Waals surface area contributed by atoms with E-state index in [1.807, 2.05) is 0 Å². The number of ether oxygens (including phenoxy) is 3. The number of unbranched alkanes of at least 4 members (excludes halogenated alkanes) is 14. The predicted octanol–water partition coefficient (Wildman–Crippen LogP) is 14.9. The molecule has 0 radical (unpaired) electrons. The lowest BCUT2D eigenvalue weighted by Crippen LogP contribution is -2.30. The smallest absolute Gasteiger partial charge is 0.462 e. The van der Waals surface area contributed by atoms with Gasteiger partial charge in [0.05, 0.1) is 19.8 Å². The number of esters is 3. The number of hydrogen-bond donors (Lipinski definition) is 2. The number of allylic oxidation sites excluding steroid dienone is 16. The van der Waals surface area contributed by atoms with Gasteiger partial charge in [0.25, 0.3) is 0 Å². The van der Waals surface area contributed by atoms with Gasteiger partial charge in [0.1, 0.15) is 12.7 Å². The first-order chi connectivity index (χ1) is 33.2. The molecule has 0 aromatic rings. The zero-order valence-electron chi connectivity index (χ0n) is 42.5.